The highest BCUT2D eigenvalue weighted by Gasteiger charge is 2.21. The van der Waals surface area contributed by atoms with Gasteiger partial charge < -0.3 is 4.57 Å². The predicted octanol–water partition coefficient (Wildman–Crippen LogP) is 4.86. The molecule has 0 unspecified atom stereocenters. The number of benzene rings is 2. The van der Waals surface area contributed by atoms with E-state index in [9.17, 15) is 9.59 Å². The van der Waals surface area contributed by atoms with Crippen LogP contribution in [0.25, 0.3) is 0 Å². The van der Waals surface area contributed by atoms with Gasteiger partial charge in [-0.3, -0.25) is 9.59 Å². The van der Waals surface area contributed by atoms with Crippen molar-refractivity contribution in [3.8, 4) is 0 Å². The summed E-state index contributed by atoms with van der Waals surface area (Å²) in [5, 5.41) is 0. The van der Waals surface area contributed by atoms with Crippen molar-refractivity contribution in [2.24, 2.45) is 7.05 Å². The molecule has 3 nitrogen and oxygen atoms in total. The van der Waals surface area contributed by atoms with Crippen molar-refractivity contribution in [1.82, 2.24) is 4.57 Å². The zero-order valence-corrected chi connectivity index (χ0v) is 16.4. The first-order valence-electron chi connectivity index (χ1n) is 8.46. The van der Waals surface area contributed by atoms with E-state index >= 15 is 0 Å². The van der Waals surface area contributed by atoms with Gasteiger partial charge in [0.05, 0.1) is 5.56 Å². The minimum absolute atomic E-state index is 0.0968. The van der Waals surface area contributed by atoms with E-state index < -0.39 is 0 Å². The highest BCUT2D eigenvalue weighted by Crippen LogP contribution is 2.30. The van der Waals surface area contributed by atoms with Crippen molar-refractivity contribution < 1.29 is 4.79 Å². The highest BCUT2D eigenvalue weighted by molar-refractivity contribution is 9.10. The van der Waals surface area contributed by atoms with Crippen molar-refractivity contribution in [2.45, 2.75) is 19.3 Å². The fraction of sp³-hybridized carbons (Fsp3) is 0.182. The van der Waals surface area contributed by atoms with Gasteiger partial charge in [-0.1, -0.05) is 57.9 Å². The lowest BCUT2D eigenvalue weighted by Crippen LogP contribution is -2.24. The first-order chi connectivity index (χ1) is 12.5. The van der Waals surface area contributed by atoms with Crippen molar-refractivity contribution >= 4 is 21.7 Å². The first kappa shape index (κ1) is 18.3. The van der Waals surface area contributed by atoms with Crippen LogP contribution in [0.15, 0.2) is 76.1 Å². The number of Topliss-reactive ketones (excluding diaryl/α,β-unsaturated/α-hetero) is 1. The number of aryl methyl sites for hydroxylation is 2. The predicted molar refractivity (Wildman–Crippen MR) is 108 cm³/mol. The Balaban J connectivity index is 2.01. The number of nitrogens with zero attached hydrogens (tertiary/aromatic N) is 1. The molecule has 0 radical (unpaired) electrons. The second-order valence-corrected chi connectivity index (χ2v) is 7.40. The molecular formula is C22H20BrNO2. The van der Waals surface area contributed by atoms with E-state index in [1.807, 2.05) is 49.4 Å². The number of carbonyl (C=O) groups excluding carboxylic acids is 1. The number of hydrogen-bond acceptors (Lipinski definition) is 2. The molecule has 4 heteroatoms. The van der Waals surface area contributed by atoms with E-state index in [1.165, 1.54) is 4.57 Å². The average molecular weight is 410 g/mol. The number of ketones is 1. The van der Waals surface area contributed by atoms with Crippen molar-refractivity contribution in [2.75, 3.05) is 0 Å². The summed E-state index contributed by atoms with van der Waals surface area (Å²) in [5.41, 5.74) is 3.27. The van der Waals surface area contributed by atoms with E-state index in [2.05, 4.69) is 22.0 Å². The zero-order chi connectivity index (χ0) is 18.7. The third-order valence-electron chi connectivity index (χ3n) is 4.53. The molecule has 1 heterocycles. The molecule has 3 rings (SSSR count). The highest BCUT2D eigenvalue weighted by atomic mass is 79.9. The number of pyridine rings is 1. The normalized spacial score (nSPS) is 12.0. The minimum Gasteiger partial charge on any atom is -0.318 e. The minimum atomic E-state index is -0.253. The van der Waals surface area contributed by atoms with Crippen molar-refractivity contribution in [3.05, 3.63) is 104 Å². The number of carbonyl (C=O) groups is 1. The SMILES string of the molecule is Cc1cccc([C@H](CC(=O)c2cccn(C)c2=O)c2ccc(Br)cc2)c1. The van der Waals surface area contributed by atoms with E-state index in [0.29, 0.717) is 0 Å². The zero-order valence-electron chi connectivity index (χ0n) is 14.8. The third kappa shape index (κ3) is 4.02. The van der Waals surface area contributed by atoms with Gasteiger partial charge in [-0.15, -0.1) is 0 Å². The molecule has 0 saturated heterocycles. The summed E-state index contributed by atoms with van der Waals surface area (Å²) in [4.78, 5) is 25.2. The second-order valence-electron chi connectivity index (χ2n) is 6.48. The van der Waals surface area contributed by atoms with Crippen LogP contribution in [0, 0.1) is 6.92 Å². The molecule has 132 valence electrons. The Morgan fingerprint density at radius 3 is 2.46 bits per heavy atom. The van der Waals surface area contributed by atoms with Gasteiger partial charge in [0.25, 0.3) is 5.56 Å². The fourth-order valence-electron chi connectivity index (χ4n) is 3.12. The Hall–Kier alpha value is -2.46. The second kappa shape index (κ2) is 7.83. The standard InChI is InChI=1S/C22H20BrNO2/c1-15-5-3-6-17(13-15)20(16-8-10-18(23)11-9-16)14-21(25)19-7-4-12-24(2)22(19)26/h3-13,20H,14H2,1-2H3/t20-/m1/s1. The van der Waals surface area contributed by atoms with Gasteiger partial charge in [-0.2, -0.15) is 0 Å². The molecule has 1 atom stereocenters. The largest absolute Gasteiger partial charge is 0.318 e. The Kier molecular flexibility index (Phi) is 5.52. The molecule has 0 N–H and O–H groups in total. The Labute approximate surface area is 161 Å². The van der Waals surface area contributed by atoms with Gasteiger partial charge in [-0.05, 0) is 42.3 Å². The monoisotopic (exact) mass is 409 g/mol. The molecule has 0 aliphatic rings. The van der Waals surface area contributed by atoms with Gasteiger partial charge in [0.2, 0.25) is 0 Å². The molecular weight excluding hydrogens is 390 g/mol. The molecule has 0 amide bonds. The Morgan fingerprint density at radius 2 is 1.77 bits per heavy atom. The van der Waals surface area contributed by atoms with Crippen LogP contribution in [0.3, 0.4) is 0 Å². The maximum Gasteiger partial charge on any atom is 0.261 e. The quantitative estimate of drug-likeness (QED) is 0.564. The van der Waals surface area contributed by atoms with E-state index in [1.54, 1.807) is 25.4 Å². The Morgan fingerprint density at radius 1 is 1.04 bits per heavy atom. The lowest BCUT2D eigenvalue weighted by Gasteiger charge is -2.18. The molecule has 0 spiro atoms. The summed E-state index contributed by atoms with van der Waals surface area (Å²) in [6.07, 6.45) is 1.91. The smallest absolute Gasteiger partial charge is 0.261 e. The Bertz CT molecular complexity index is 990. The first-order valence-corrected chi connectivity index (χ1v) is 9.26. The summed E-state index contributed by atoms with van der Waals surface area (Å²) >= 11 is 3.46. The van der Waals surface area contributed by atoms with E-state index in [-0.39, 0.29) is 29.2 Å². The third-order valence-corrected chi connectivity index (χ3v) is 5.06. The van der Waals surface area contributed by atoms with Gasteiger partial charge >= 0.3 is 0 Å². The van der Waals surface area contributed by atoms with Gasteiger partial charge in [0.1, 0.15) is 0 Å². The van der Waals surface area contributed by atoms with Gasteiger partial charge in [0.15, 0.2) is 5.78 Å². The maximum absolute atomic E-state index is 12.9. The average Bonchev–Trinajstić information content (AvgIpc) is 2.62. The molecule has 0 aliphatic heterocycles. The van der Waals surface area contributed by atoms with Gasteiger partial charge in [0, 0.05) is 30.1 Å². The molecule has 1 aromatic heterocycles. The molecule has 0 bridgehead atoms. The fourth-order valence-corrected chi connectivity index (χ4v) is 3.38. The number of halogens is 1. The molecule has 0 saturated carbocycles. The summed E-state index contributed by atoms with van der Waals surface area (Å²) in [7, 11) is 1.66. The van der Waals surface area contributed by atoms with Crippen LogP contribution < -0.4 is 5.56 Å². The lowest BCUT2D eigenvalue weighted by molar-refractivity contribution is 0.0975. The van der Waals surface area contributed by atoms with Gasteiger partial charge in [-0.25, -0.2) is 0 Å². The summed E-state index contributed by atoms with van der Waals surface area (Å²) < 4.78 is 2.43. The van der Waals surface area contributed by atoms with Crippen LogP contribution in [0.4, 0.5) is 0 Å². The van der Waals surface area contributed by atoms with Crippen molar-refractivity contribution in [1.29, 1.82) is 0 Å². The van der Waals surface area contributed by atoms with Crippen LogP contribution in [0.2, 0.25) is 0 Å². The lowest BCUT2D eigenvalue weighted by atomic mass is 9.85. The van der Waals surface area contributed by atoms with E-state index in [4.69, 9.17) is 0 Å². The molecule has 2 aromatic carbocycles. The number of rotatable bonds is 5. The topological polar surface area (TPSA) is 39.1 Å². The van der Waals surface area contributed by atoms with Crippen LogP contribution in [-0.2, 0) is 7.05 Å². The molecule has 0 fully saturated rings. The number of aromatic nitrogens is 1. The van der Waals surface area contributed by atoms with E-state index in [0.717, 1.165) is 21.2 Å². The number of hydrogen-bond donors (Lipinski definition) is 0. The van der Waals surface area contributed by atoms with Crippen LogP contribution in [0.1, 0.15) is 39.4 Å². The maximum atomic E-state index is 12.9. The van der Waals surface area contributed by atoms with Crippen molar-refractivity contribution in [3.63, 3.8) is 0 Å². The van der Waals surface area contributed by atoms with Crippen LogP contribution in [0.5, 0.6) is 0 Å². The summed E-state index contributed by atoms with van der Waals surface area (Å²) in [6, 6.07) is 19.5. The summed E-state index contributed by atoms with van der Waals surface area (Å²) in [5.74, 6) is -0.235. The van der Waals surface area contributed by atoms with Crippen LogP contribution in [-0.4, -0.2) is 10.4 Å². The van der Waals surface area contributed by atoms with Crippen LogP contribution >= 0.6 is 15.9 Å². The molecule has 3 aromatic rings. The molecule has 26 heavy (non-hydrogen) atoms. The summed E-state index contributed by atoms with van der Waals surface area (Å²) in [6.45, 7) is 2.04. The molecule has 0 aliphatic carbocycles.